The predicted molar refractivity (Wildman–Crippen MR) is 95.0 cm³/mol. The quantitative estimate of drug-likeness (QED) is 0.780. The summed E-state index contributed by atoms with van der Waals surface area (Å²) < 4.78 is 5.58. The molecule has 0 fully saturated rings. The predicted octanol–water partition coefficient (Wildman–Crippen LogP) is 2.86. The Kier molecular flexibility index (Phi) is 4.31. The summed E-state index contributed by atoms with van der Waals surface area (Å²) >= 11 is 0. The van der Waals surface area contributed by atoms with Gasteiger partial charge >= 0.3 is 0 Å². The van der Waals surface area contributed by atoms with Gasteiger partial charge in [0.25, 0.3) is 5.56 Å². The molecule has 0 spiro atoms. The van der Waals surface area contributed by atoms with E-state index in [0.29, 0.717) is 19.0 Å². The number of fused-ring (bicyclic) bond motifs is 1. The van der Waals surface area contributed by atoms with Crippen molar-refractivity contribution in [3.8, 4) is 5.75 Å². The van der Waals surface area contributed by atoms with Crippen molar-refractivity contribution in [1.82, 2.24) is 14.9 Å². The highest BCUT2D eigenvalue weighted by Gasteiger charge is 2.19. The Hall–Kier alpha value is -2.92. The molecule has 3 aromatic rings. The second-order valence-corrected chi connectivity index (χ2v) is 6.21. The first-order valence-electron chi connectivity index (χ1n) is 8.32. The zero-order valence-electron chi connectivity index (χ0n) is 13.8. The van der Waals surface area contributed by atoms with Gasteiger partial charge in [-0.1, -0.05) is 54.6 Å². The van der Waals surface area contributed by atoms with E-state index < -0.39 is 0 Å². The molecule has 5 heteroatoms. The number of rotatable bonds is 5. The second kappa shape index (κ2) is 6.91. The summed E-state index contributed by atoms with van der Waals surface area (Å²) in [5, 5.41) is 0. The molecule has 4 rings (SSSR count). The third-order valence-corrected chi connectivity index (χ3v) is 4.34. The van der Waals surface area contributed by atoms with Gasteiger partial charge < -0.3 is 9.72 Å². The van der Waals surface area contributed by atoms with Crippen LogP contribution in [0.1, 0.15) is 22.5 Å². The first-order chi connectivity index (χ1) is 12.3. The molecule has 5 nitrogen and oxygen atoms in total. The van der Waals surface area contributed by atoms with Gasteiger partial charge in [0.05, 0.1) is 12.7 Å². The maximum absolute atomic E-state index is 12.2. The summed E-state index contributed by atoms with van der Waals surface area (Å²) in [5.41, 5.74) is 3.46. The van der Waals surface area contributed by atoms with Crippen molar-refractivity contribution in [2.75, 3.05) is 0 Å². The van der Waals surface area contributed by atoms with Crippen LogP contribution in [0, 0.1) is 0 Å². The molecule has 1 aromatic heterocycles. The number of aromatic nitrogens is 2. The number of nitrogens with one attached hydrogen (secondary N) is 1. The molecular weight excluding hydrogens is 314 g/mol. The molecule has 126 valence electrons. The average molecular weight is 333 g/mol. The lowest BCUT2D eigenvalue weighted by Gasteiger charge is -2.14. The molecule has 0 bridgehead atoms. The van der Waals surface area contributed by atoms with Crippen molar-refractivity contribution in [3.63, 3.8) is 0 Å². The Morgan fingerprint density at radius 3 is 2.36 bits per heavy atom. The number of aromatic amines is 1. The van der Waals surface area contributed by atoms with Gasteiger partial charge in [0.15, 0.2) is 0 Å². The van der Waals surface area contributed by atoms with Crippen LogP contribution in [0.3, 0.4) is 0 Å². The van der Waals surface area contributed by atoms with Crippen molar-refractivity contribution >= 4 is 0 Å². The van der Waals surface area contributed by atoms with E-state index in [2.05, 4.69) is 39.1 Å². The van der Waals surface area contributed by atoms with Crippen LogP contribution in [-0.4, -0.2) is 14.9 Å². The van der Waals surface area contributed by atoms with E-state index in [9.17, 15) is 4.79 Å². The van der Waals surface area contributed by atoms with Crippen molar-refractivity contribution in [2.45, 2.75) is 26.2 Å². The summed E-state index contributed by atoms with van der Waals surface area (Å²) in [4.78, 5) is 21.7. The lowest BCUT2D eigenvalue weighted by atomic mass is 10.1. The Morgan fingerprint density at radius 1 is 1.00 bits per heavy atom. The minimum atomic E-state index is -0.238. The van der Waals surface area contributed by atoms with E-state index in [0.717, 1.165) is 18.7 Å². The highest BCUT2D eigenvalue weighted by atomic mass is 16.5. The van der Waals surface area contributed by atoms with Crippen LogP contribution in [0.15, 0.2) is 65.6 Å². The fourth-order valence-electron chi connectivity index (χ4n) is 3.07. The van der Waals surface area contributed by atoms with Gasteiger partial charge in [0.2, 0.25) is 5.75 Å². The summed E-state index contributed by atoms with van der Waals surface area (Å²) in [6, 6.07) is 18.2. The number of ether oxygens (including phenoxy) is 1. The van der Waals surface area contributed by atoms with Gasteiger partial charge in [0.1, 0.15) is 12.4 Å². The molecule has 1 aliphatic heterocycles. The highest BCUT2D eigenvalue weighted by Crippen LogP contribution is 2.23. The molecule has 2 heterocycles. The van der Waals surface area contributed by atoms with Gasteiger partial charge in [-0.2, -0.15) is 0 Å². The average Bonchev–Trinajstić information content (AvgIpc) is 3.04. The van der Waals surface area contributed by atoms with Crippen LogP contribution in [0.25, 0.3) is 0 Å². The van der Waals surface area contributed by atoms with Crippen LogP contribution >= 0.6 is 0 Å². The van der Waals surface area contributed by atoms with Crippen LogP contribution in [0.2, 0.25) is 0 Å². The Balaban J connectivity index is 1.40. The Labute approximate surface area is 145 Å². The van der Waals surface area contributed by atoms with E-state index in [1.165, 1.54) is 17.3 Å². The Morgan fingerprint density at radius 2 is 1.68 bits per heavy atom. The van der Waals surface area contributed by atoms with Crippen LogP contribution in [0.4, 0.5) is 0 Å². The number of benzene rings is 2. The number of hydrogen-bond donors (Lipinski definition) is 1. The van der Waals surface area contributed by atoms with Crippen LogP contribution in [0.5, 0.6) is 5.75 Å². The summed E-state index contributed by atoms with van der Waals surface area (Å²) in [6.07, 6.45) is 1.51. The monoisotopic (exact) mass is 333 g/mol. The van der Waals surface area contributed by atoms with Crippen molar-refractivity contribution in [1.29, 1.82) is 0 Å². The minimum Gasteiger partial charge on any atom is -0.482 e. The molecule has 1 N–H and O–H groups in total. The minimum absolute atomic E-state index is 0.238. The number of H-pyrrole nitrogens is 1. The highest BCUT2D eigenvalue weighted by molar-refractivity contribution is 5.30. The summed E-state index contributed by atoms with van der Waals surface area (Å²) in [7, 11) is 0. The fraction of sp³-hybridized carbons (Fsp3) is 0.200. The van der Waals surface area contributed by atoms with Crippen molar-refractivity contribution in [2.24, 2.45) is 0 Å². The molecule has 0 saturated heterocycles. The van der Waals surface area contributed by atoms with E-state index >= 15 is 0 Å². The first-order valence-corrected chi connectivity index (χ1v) is 8.32. The lowest BCUT2D eigenvalue weighted by molar-refractivity contribution is 0.265. The van der Waals surface area contributed by atoms with Crippen molar-refractivity contribution in [3.05, 3.63) is 93.7 Å². The Bertz CT molecular complexity index is 896. The molecule has 0 saturated carbocycles. The number of hydrogen-bond acceptors (Lipinski definition) is 4. The molecule has 2 aromatic carbocycles. The van der Waals surface area contributed by atoms with Gasteiger partial charge in [-0.25, -0.2) is 4.98 Å². The molecule has 0 atom stereocenters. The molecule has 25 heavy (non-hydrogen) atoms. The molecular formula is C20H19N3O2. The zero-order chi connectivity index (χ0) is 17.1. The van der Waals surface area contributed by atoms with Crippen LogP contribution in [-0.2, 0) is 26.2 Å². The lowest BCUT2D eigenvalue weighted by Crippen LogP contribution is -2.21. The standard InChI is InChI=1S/C20H19N3O2/c24-20-18(25-14-15-6-2-1-3-7-15)10-21-19(22-20)13-23-11-16-8-4-5-9-17(16)12-23/h1-10H,11-14H2,(H,21,22,24). The molecule has 0 aliphatic carbocycles. The third-order valence-electron chi connectivity index (χ3n) is 4.34. The zero-order valence-corrected chi connectivity index (χ0v) is 13.8. The molecule has 0 amide bonds. The van der Waals surface area contributed by atoms with Gasteiger partial charge in [0, 0.05) is 13.1 Å². The molecule has 1 aliphatic rings. The van der Waals surface area contributed by atoms with E-state index in [-0.39, 0.29) is 11.3 Å². The second-order valence-electron chi connectivity index (χ2n) is 6.21. The maximum atomic E-state index is 12.2. The van der Waals surface area contributed by atoms with E-state index in [1.54, 1.807) is 0 Å². The largest absolute Gasteiger partial charge is 0.482 e. The maximum Gasteiger partial charge on any atom is 0.293 e. The third kappa shape index (κ3) is 3.61. The first kappa shape index (κ1) is 15.6. The van der Waals surface area contributed by atoms with Crippen molar-refractivity contribution < 1.29 is 4.74 Å². The van der Waals surface area contributed by atoms with Gasteiger partial charge in [-0.3, -0.25) is 9.69 Å². The smallest absolute Gasteiger partial charge is 0.293 e. The SMILES string of the molecule is O=c1[nH]c(CN2Cc3ccccc3C2)ncc1OCc1ccccc1. The molecule has 0 unspecified atom stereocenters. The normalized spacial score (nSPS) is 13.6. The fourth-order valence-corrected chi connectivity index (χ4v) is 3.07. The van der Waals surface area contributed by atoms with Gasteiger partial charge in [-0.15, -0.1) is 0 Å². The number of nitrogens with zero attached hydrogens (tertiary/aromatic N) is 2. The molecule has 0 radical (unpaired) electrons. The van der Waals surface area contributed by atoms with E-state index in [1.807, 2.05) is 30.3 Å². The van der Waals surface area contributed by atoms with Gasteiger partial charge in [-0.05, 0) is 16.7 Å². The summed E-state index contributed by atoms with van der Waals surface area (Å²) in [5.74, 6) is 0.905. The topological polar surface area (TPSA) is 58.2 Å². The van der Waals surface area contributed by atoms with E-state index in [4.69, 9.17) is 4.74 Å². The van der Waals surface area contributed by atoms with Crippen LogP contribution < -0.4 is 10.3 Å². The summed E-state index contributed by atoms with van der Waals surface area (Å²) in [6.45, 7) is 2.73.